The van der Waals surface area contributed by atoms with Gasteiger partial charge in [-0.15, -0.1) is 0 Å². The highest BCUT2D eigenvalue weighted by Crippen LogP contribution is 2.42. The molecule has 1 saturated carbocycles. The molecule has 0 radical (unpaired) electrons. The van der Waals surface area contributed by atoms with Crippen LogP contribution in [0.3, 0.4) is 0 Å². The van der Waals surface area contributed by atoms with E-state index in [-0.39, 0.29) is 16.5 Å². The van der Waals surface area contributed by atoms with Gasteiger partial charge in [0.25, 0.3) is 0 Å². The van der Waals surface area contributed by atoms with E-state index in [2.05, 4.69) is 22.9 Å². The van der Waals surface area contributed by atoms with E-state index in [0.29, 0.717) is 18.8 Å². The maximum absolute atomic E-state index is 14.0. The van der Waals surface area contributed by atoms with Gasteiger partial charge in [0.1, 0.15) is 11.6 Å². The lowest BCUT2D eigenvalue weighted by atomic mass is 9.67. The summed E-state index contributed by atoms with van der Waals surface area (Å²) in [5.41, 5.74) is -1.18. The summed E-state index contributed by atoms with van der Waals surface area (Å²) in [6.45, 7) is 2.08. The summed E-state index contributed by atoms with van der Waals surface area (Å²) in [6, 6.07) is 2.47. The molecule has 1 aliphatic rings. The molecule has 2 rings (SSSR count). The molecule has 0 spiro atoms. The molecule has 1 N–H and O–H groups in total. The van der Waals surface area contributed by atoms with Gasteiger partial charge in [0.05, 0.1) is 9.89 Å². The molecule has 5 heteroatoms. The number of halogens is 3. The summed E-state index contributed by atoms with van der Waals surface area (Å²) in [7, 11) is 0. The highest BCUT2D eigenvalue weighted by Gasteiger charge is 2.42. The van der Waals surface area contributed by atoms with Crippen molar-refractivity contribution >= 4 is 21.9 Å². The van der Waals surface area contributed by atoms with Crippen LogP contribution in [0.2, 0.25) is 0 Å². The lowest BCUT2D eigenvalue weighted by Gasteiger charge is -2.36. The van der Waals surface area contributed by atoms with Crippen molar-refractivity contribution in [3.8, 4) is 0 Å². The molecule has 0 aliphatic heterocycles. The van der Waals surface area contributed by atoms with E-state index in [1.165, 1.54) is 12.1 Å². The minimum absolute atomic E-state index is 0.0911. The molecule has 0 saturated heterocycles. The first-order valence-corrected chi connectivity index (χ1v) is 7.51. The molecule has 2 nitrogen and oxygen atoms in total. The summed E-state index contributed by atoms with van der Waals surface area (Å²) < 4.78 is 28.1. The summed E-state index contributed by atoms with van der Waals surface area (Å²) >= 11 is 3.02. The highest BCUT2D eigenvalue weighted by molar-refractivity contribution is 9.10. The first-order valence-electron chi connectivity index (χ1n) is 6.71. The lowest BCUT2D eigenvalue weighted by molar-refractivity contribution is -0.151. The molecule has 0 aromatic heterocycles. The maximum atomic E-state index is 14.0. The first kappa shape index (κ1) is 15.4. The van der Waals surface area contributed by atoms with Crippen molar-refractivity contribution in [2.45, 2.75) is 39.0 Å². The minimum Gasteiger partial charge on any atom is -0.481 e. The van der Waals surface area contributed by atoms with Crippen LogP contribution in [0.4, 0.5) is 8.78 Å². The molecule has 1 fully saturated rings. The Morgan fingerprint density at radius 3 is 2.55 bits per heavy atom. The van der Waals surface area contributed by atoms with Crippen LogP contribution in [0.15, 0.2) is 16.6 Å². The Kier molecular flexibility index (Phi) is 4.47. The van der Waals surface area contributed by atoms with Crippen molar-refractivity contribution in [2.24, 2.45) is 11.3 Å². The number of hydrogen-bond acceptors (Lipinski definition) is 1. The number of hydrogen-bond donors (Lipinski definition) is 1. The van der Waals surface area contributed by atoms with Gasteiger partial charge in [-0.25, -0.2) is 8.78 Å². The van der Waals surface area contributed by atoms with Crippen molar-refractivity contribution in [3.63, 3.8) is 0 Å². The van der Waals surface area contributed by atoms with E-state index >= 15 is 0 Å². The minimum atomic E-state index is -1.05. The molecule has 110 valence electrons. The molecular weight excluding hydrogens is 330 g/mol. The number of carboxylic acid groups (broad SMARTS) is 1. The largest absolute Gasteiger partial charge is 0.481 e. The van der Waals surface area contributed by atoms with Crippen molar-refractivity contribution in [2.75, 3.05) is 0 Å². The van der Waals surface area contributed by atoms with Gasteiger partial charge in [-0.2, -0.15) is 0 Å². The van der Waals surface area contributed by atoms with Crippen LogP contribution < -0.4 is 0 Å². The van der Waals surface area contributed by atoms with Crippen LogP contribution in [0.1, 0.15) is 38.2 Å². The van der Waals surface area contributed by atoms with E-state index in [1.807, 2.05) is 0 Å². The average molecular weight is 347 g/mol. The van der Waals surface area contributed by atoms with Gasteiger partial charge in [-0.3, -0.25) is 4.79 Å². The Morgan fingerprint density at radius 2 is 2.00 bits per heavy atom. The third-order valence-electron chi connectivity index (χ3n) is 4.34. The Morgan fingerprint density at radius 1 is 1.40 bits per heavy atom. The zero-order valence-electron chi connectivity index (χ0n) is 11.3. The number of rotatable bonds is 3. The first-order chi connectivity index (χ1) is 9.35. The molecular formula is C15H17BrF2O2. The smallest absolute Gasteiger partial charge is 0.309 e. The van der Waals surface area contributed by atoms with Crippen LogP contribution in [0.5, 0.6) is 0 Å². The van der Waals surface area contributed by atoms with E-state index in [4.69, 9.17) is 0 Å². The monoisotopic (exact) mass is 346 g/mol. The fourth-order valence-corrected chi connectivity index (χ4v) is 3.22. The normalized spacial score (nSPS) is 26.5. The molecule has 0 bridgehead atoms. The van der Waals surface area contributed by atoms with Crippen molar-refractivity contribution in [3.05, 3.63) is 33.8 Å². The molecule has 0 unspecified atom stereocenters. The number of benzene rings is 1. The molecule has 1 aromatic carbocycles. The summed E-state index contributed by atoms with van der Waals surface area (Å²) in [6.07, 6.45) is 2.41. The highest BCUT2D eigenvalue weighted by atomic mass is 79.9. The number of aliphatic carboxylic acids is 1. The van der Waals surface area contributed by atoms with E-state index < -0.39 is 23.0 Å². The van der Waals surface area contributed by atoms with Crippen molar-refractivity contribution in [1.29, 1.82) is 0 Å². The fraction of sp³-hybridized carbons (Fsp3) is 0.533. The summed E-state index contributed by atoms with van der Waals surface area (Å²) in [4.78, 5) is 11.6. The van der Waals surface area contributed by atoms with Crippen LogP contribution in [-0.4, -0.2) is 11.1 Å². The van der Waals surface area contributed by atoms with E-state index in [1.54, 1.807) is 0 Å². The Labute approximate surface area is 125 Å². The van der Waals surface area contributed by atoms with Gasteiger partial charge in [0, 0.05) is 5.56 Å². The standard InChI is InChI=1S/C15H17BrF2O2/c1-9-4-6-15(7-5-9,14(19)20)8-10-12(17)3-2-11(16)13(10)18/h2-3,9H,4-8H2,1H3,(H,19,20). The van der Waals surface area contributed by atoms with Gasteiger partial charge < -0.3 is 5.11 Å². The quantitative estimate of drug-likeness (QED) is 0.815. The molecule has 0 heterocycles. The fourth-order valence-electron chi connectivity index (χ4n) is 2.85. The predicted octanol–water partition coefficient (Wildman–Crippen LogP) is 4.55. The second kappa shape index (κ2) is 5.80. The molecule has 20 heavy (non-hydrogen) atoms. The zero-order valence-corrected chi connectivity index (χ0v) is 12.8. The summed E-state index contributed by atoms with van der Waals surface area (Å²) in [5.74, 6) is -1.85. The molecule has 0 atom stereocenters. The third-order valence-corrected chi connectivity index (χ3v) is 4.95. The average Bonchev–Trinajstić information content (AvgIpc) is 2.41. The van der Waals surface area contributed by atoms with Crippen molar-refractivity contribution < 1.29 is 18.7 Å². The second-order valence-electron chi connectivity index (χ2n) is 5.77. The van der Waals surface area contributed by atoms with Crippen LogP contribution in [0.25, 0.3) is 0 Å². The van der Waals surface area contributed by atoms with Gasteiger partial charge >= 0.3 is 5.97 Å². The number of carbonyl (C=O) groups is 1. The van der Waals surface area contributed by atoms with Gasteiger partial charge in [0.15, 0.2) is 0 Å². The molecule has 1 aliphatic carbocycles. The summed E-state index contributed by atoms with van der Waals surface area (Å²) in [5, 5.41) is 9.53. The van der Waals surface area contributed by atoms with Gasteiger partial charge in [0.2, 0.25) is 0 Å². The predicted molar refractivity (Wildman–Crippen MR) is 75.5 cm³/mol. The molecule has 1 aromatic rings. The van der Waals surface area contributed by atoms with Crippen molar-refractivity contribution in [1.82, 2.24) is 0 Å². The Bertz CT molecular complexity index is 523. The molecule has 0 amide bonds. The van der Waals surface area contributed by atoms with Gasteiger partial charge in [-0.1, -0.05) is 6.92 Å². The second-order valence-corrected chi connectivity index (χ2v) is 6.62. The number of carboxylic acids is 1. The maximum Gasteiger partial charge on any atom is 0.309 e. The topological polar surface area (TPSA) is 37.3 Å². The zero-order chi connectivity index (χ0) is 14.9. The van der Waals surface area contributed by atoms with Crippen LogP contribution >= 0.6 is 15.9 Å². The lowest BCUT2D eigenvalue weighted by Crippen LogP contribution is -2.37. The van der Waals surface area contributed by atoms with Crippen LogP contribution in [0, 0.1) is 23.0 Å². The van der Waals surface area contributed by atoms with Crippen LogP contribution in [-0.2, 0) is 11.2 Å². The SMILES string of the molecule is CC1CCC(Cc2c(F)ccc(Br)c2F)(C(=O)O)CC1. The Hall–Kier alpha value is -0.970. The third kappa shape index (κ3) is 2.87. The van der Waals surface area contributed by atoms with E-state index in [0.717, 1.165) is 12.8 Å². The van der Waals surface area contributed by atoms with Gasteiger partial charge in [-0.05, 0) is 66.1 Å². The van der Waals surface area contributed by atoms with E-state index in [9.17, 15) is 18.7 Å². The Balaban J connectivity index is 2.35.